The van der Waals surface area contributed by atoms with E-state index in [1.807, 2.05) is 0 Å². The molecule has 2 aromatic carbocycles. The number of benzene rings is 2. The number of nitrogens with one attached hydrogen (secondary N) is 2. The summed E-state index contributed by atoms with van der Waals surface area (Å²) in [6.45, 7) is 3.93. The van der Waals surface area contributed by atoms with Crippen LogP contribution >= 0.6 is 23.8 Å². The quantitative estimate of drug-likeness (QED) is 0.568. The normalized spacial score (nSPS) is 13.7. The highest BCUT2D eigenvalue weighted by atomic mass is 35.5. The predicted octanol–water partition coefficient (Wildman–Crippen LogP) is 3.45. The summed E-state index contributed by atoms with van der Waals surface area (Å²) in [5, 5.41) is 7.05. The van der Waals surface area contributed by atoms with E-state index in [0.717, 1.165) is 31.9 Å². The number of nitrogens with zero attached hydrogens (tertiary/aromatic N) is 1. The Balaban J connectivity index is 1.55. The van der Waals surface area contributed by atoms with E-state index >= 15 is 0 Å². The van der Waals surface area contributed by atoms with Crippen LogP contribution in [0.5, 0.6) is 0 Å². The van der Waals surface area contributed by atoms with Gasteiger partial charge in [-0.05, 0) is 48.1 Å². The summed E-state index contributed by atoms with van der Waals surface area (Å²) in [5.74, 6) is -0.432. The molecule has 1 saturated heterocycles. The molecule has 3 rings (SSSR count). The fourth-order valence-electron chi connectivity index (χ4n) is 2.86. The van der Waals surface area contributed by atoms with E-state index in [-0.39, 0.29) is 0 Å². The molecule has 2 aromatic rings. The van der Waals surface area contributed by atoms with Crippen LogP contribution in [0.4, 0.5) is 11.4 Å². The molecule has 0 bridgehead atoms. The van der Waals surface area contributed by atoms with Gasteiger partial charge in [0.05, 0.1) is 36.6 Å². The Bertz CT molecular complexity index is 839. The fraction of sp³-hybridized carbons (Fsp3) is 0.300. The smallest absolute Gasteiger partial charge is 0.337 e. The van der Waals surface area contributed by atoms with E-state index in [1.165, 1.54) is 12.8 Å². The van der Waals surface area contributed by atoms with Crippen LogP contribution < -0.4 is 15.5 Å². The highest BCUT2D eigenvalue weighted by Crippen LogP contribution is 2.23. The molecule has 0 spiro atoms. The van der Waals surface area contributed by atoms with E-state index in [2.05, 4.69) is 39.8 Å². The van der Waals surface area contributed by atoms with Gasteiger partial charge in [-0.15, -0.1) is 0 Å². The van der Waals surface area contributed by atoms with Crippen LogP contribution in [-0.4, -0.2) is 44.5 Å². The second kappa shape index (κ2) is 9.73. The molecular formula is C20H22ClN3O3S. The van der Waals surface area contributed by atoms with Crippen molar-refractivity contribution >= 4 is 46.3 Å². The van der Waals surface area contributed by atoms with E-state index in [9.17, 15) is 4.79 Å². The van der Waals surface area contributed by atoms with E-state index in [1.54, 1.807) is 18.2 Å². The lowest BCUT2D eigenvalue weighted by atomic mass is 10.2. The lowest BCUT2D eigenvalue weighted by Gasteiger charge is -2.28. The zero-order chi connectivity index (χ0) is 19.9. The van der Waals surface area contributed by atoms with Gasteiger partial charge in [0, 0.05) is 25.3 Å². The minimum atomic E-state index is -0.432. The highest BCUT2D eigenvalue weighted by Gasteiger charge is 2.12. The second-order valence-corrected chi connectivity index (χ2v) is 7.08. The molecule has 2 N–H and O–H groups in total. The summed E-state index contributed by atoms with van der Waals surface area (Å²) < 4.78 is 10.1. The van der Waals surface area contributed by atoms with Crippen LogP contribution in [0.1, 0.15) is 15.9 Å². The Morgan fingerprint density at radius 1 is 1.21 bits per heavy atom. The Labute approximate surface area is 174 Å². The van der Waals surface area contributed by atoms with Crippen molar-refractivity contribution in [3.8, 4) is 0 Å². The number of esters is 1. The van der Waals surface area contributed by atoms with Gasteiger partial charge in [-0.2, -0.15) is 0 Å². The Hall–Kier alpha value is -2.35. The number of rotatable bonds is 5. The van der Waals surface area contributed by atoms with Crippen molar-refractivity contribution in [2.75, 3.05) is 43.6 Å². The predicted molar refractivity (Wildman–Crippen MR) is 115 cm³/mol. The maximum absolute atomic E-state index is 11.7. The average Bonchev–Trinajstić information content (AvgIpc) is 2.74. The molecule has 1 fully saturated rings. The fourth-order valence-corrected chi connectivity index (χ4v) is 3.21. The van der Waals surface area contributed by atoms with Crippen LogP contribution in [0, 0.1) is 0 Å². The first kappa shape index (κ1) is 20.4. The van der Waals surface area contributed by atoms with Crippen LogP contribution in [0.15, 0.2) is 42.5 Å². The summed E-state index contributed by atoms with van der Waals surface area (Å²) in [5.41, 5.74) is 3.25. The van der Waals surface area contributed by atoms with E-state index in [0.29, 0.717) is 27.9 Å². The van der Waals surface area contributed by atoms with Crippen molar-refractivity contribution in [1.29, 1.82) is 0 Å². The van der Waals surface area contributed by atoms with Crippen molar-refractivity contribution in [3.05, 3.63) is 58.6 Å². The molecule has 0 aliphatic carbocycles. The summed E-state index contributed by atoms with van der Waals surface area (Å²) in [7, 11) is 1.33. The van der Waals surface area contributed by atoms with Gasteiger partial charge in [0.25, 0.3) is 0 Å². The zero-order valence-electron chi connectivity index (χ0n) is 15.5. The summed E-state index contributed by atoms with van der Waals surface area (Å²) in [6.07, 6.45) is 0. The molecule has 8 heteroatoms. The van der Waals surface area contributed by atoms with Crippen LogP contribution in [-0.2, 0) is 16.0 Å². The number of anilines is 2. The van der Waals surface area contributed by atoms with Crippen LogP contribution in [0.3, 0.4) is 0 Å². The van der Waals surface area contributed by atoms with E-state index < -0.39 is 5.97 Å². The molecule has 1 aliphatic heterocycles. The number of thiocarbonyl (C=S) groups is 1. The van der Waals surface area contributed by atoms with Gasteiger partial charge in [0.1, 0.15) is 0 Å². The maximum Gasteiger partial charge on any atom is 0.337 e. The molecule has 0 amide bonds. The molecule has 0 saturated carbocycles. The number of carbonyl (C=O) groups excluding carboxylic acids is 1. The number of halogens is 1. The number of hydrogen-bond donors (Lipinski definition) is 2. The molecule has 0 aromatic heterocycles. The van der Waals surface area contributed by atoms with Crippen molar-refractivity contribution in [2.45, 2.75) is 6.54 Å². The van der Waals surface area contributed by atoms with Crippen molar-refractivity contribution in [1.82, 2.24) is 5.32 Å². The summed E-state index contributed by atoms with van der Waals surface area (Å²) in [6, 6.07) is 13.2. The second-order valence-electron chi connectivity index (χ2n) is 6.26. The topological polar surface area (TPSA) is 62.8 Å². The number of hydrogen-bond acceptors (Lipinski definition) is 5. The monoisotopic (exact) mass is 419 g/mol. The van der Waals surface area contributed by atoms with Gasteiger partial charge < -0.3 is 25.0 Å². The van der Waals surface area contributed by atoms with Crippen molar-refractivity contribution < 1.29 is 14.3 Å². The van der Waals surface area contributed by atoms with Gasteiger partial charge in [0.2, 0.25) is 0 Å². The minimum absolute atomic E-state index is 0.399. The maximum atomic E-state index is 11.7. The minimum Gasteiger partial charge on any atom is -0.465 e. The van der Waals surface area contributed by atoms with Crippen LogP contribution in [0.25, 0.3) is 0 Å². The summed E-state index contributed by atoms with van der Waals surface area (Å²) >= 11 is 11.5. The first-order valence-electron chi connectivity index (χ1n) is 8.91. The van der Waals surface area contributed by atoms with Gasteiger partial charge in [-0.3, -0.25) is 0 Å². The third kappa shape index (κ3) is 5.34. The highest BCUT2D eigenvalue weighted by molar-refractivity contribution is 7.80. The molecule has 148 valence electrons. The van der Waals surface area contributed by atoms with Crippen molar-refractivity contribution in [3.63, 3.8) is 0 Å². The number of carbonyl (C=O) groups is 1. The average molecular weight is 420 g/mol. The standard InChI is InChI=1S/C20H22ClN3O3S/c1-26-19(25)15-4-7-17(21)18(12-15)23-20(28)22-13-14-2-5-16(6-3-14)24-8-10-27-11-9-24/h2-7,12H,8-11,13H2,1H3,(H2,22,23,28). The van der Waals surface area contributed by atoms with Gasteiger partial charge in [-0.25, -0.2) is 4.79 Å². The molecule has 1 heterocycles. The molecule has 28 heavy (non-hydrogen) atoms. The molecule has 0 atom stereocenters. The van der Waals surface area contributed by atoms with Gasteiger partial charge >= 0.3 is 5.97 Å². The van der Waals surface area contributed by atoms with Crippen molar-refractivity contribution in [2.24, 2.45) is 0 Å². The molecule has 0 unspecified atom stereocenters. The van der Waals surface area contributed by atoms with Crippen LogP contribution in [0.2, 0.25) is 5.02 Å². The molecular weight excluding hydrogens is 398 g/mol. The van der Waals surface area contributed by atoms with Gasteiger partial charge in [-0.1, -0.05) is 23.7 Å². The largest absolute Gasteiger partial charge is 0.465 e. The summed E-state index contributed by atoms with van der Waals surface area (Å²) in [4.78, 5) is 14.0. The third-order valence-electron chi connectivity index (χ3n) is 4.40. The lowest BCUT2D eigenvalue weighted by molar-refractivity contribution is 0.0601. The first-order chi connectivity index (χ1) is 13.6. The van der Waals surface area contributed by atoms with E-state index in [4.69, 9.17) is 33.3 Å². The number of ether oxygens (including phenoxy) is 2. The Kier molecular flexibility index (Phi) is 7.08. The SMILES string of the molecule is COC(=O)c1ccc(Cl)c(NC(=S)NCc2ccc(N3CCOCC3)cc2)c1. The Morgan fingerprint density at radius 2 is 1.93 bits per heavy atom. The Morgan fingerprint density at radius 3 is 2.61 bits per heavy atom. The zero-order valence-corrected chi connectivity index (χ0v) is 17.1. The third-order valence-corrected chi connectivity index (χ3v) is 4.98. The first-order valence-corrected chi connectivity index (χ1v) is 9.70. The lowest BCUT2D eigenvalue weighted by Crippen LogP contribution is -2.36. The van der Waals surface area contributed by atoms with Gasteiger partial charge in [0.15, 0.2) is 5.11 Å². The number of morpholine rings is 1. The molecule has 1 aliphatic rings. The molecule has 6 nitrogen and oxygen atoms in total. The molecule has 0 radical (unpaired) electrons. The number of methoxy groups -OCH3 is 1.